The van der Waals surface area contributed by atoms with Gasteiger partial charge < -0.3 is 9.47 Å². The lowest BCUT2D eigenvalue weighted by atomic mass is 10.0. The number of hydrogen-bond acceptors (Lipinski definition) is 2. The molecule has 0 fully saturated rings. The van der Waals surface area contributed by atoms with Crippen molar-refractivity contribution in [3.05, 3.63) is 23.8 Å². The van der Waals surface area contributed by atoms with Crippen LogP contribution in [0.4, 0.5) is 0 Å². The molecule has 19 heavy (non-hydrogen) atoms. The fraction of sp³-hybridized carbons (Fsp3) is 0.625. The first-order valence-electron chi connectivity index (χ1n) is 7.06. The molecular formula is C16H25BrO2. The van der Waals surface area contributed by atoms with Gasteiger partial charge in [-0.1, -0.05) is 54.6 Å². The van der Waals surface area contributed by atoms with E-state index in [-0.39, 0.29) is 0 Å². The van der Waals surface area contributed by atoms with Crippen LogP contribution in [0.15, 0.2) is 18.2 Å². The van der Waals surface area contributed by atoms with Gasteiger partial charge in [-0.3, -0.25) is 0 Å². The summed E-state index contributed by atoms with van der Waals surface area (Å²) in [5.41, 5.74) is 1.29. The molecule has 0 N–H and O–H groups in total. The molecule has 0 spiro atoms. The lowest BCUT2D eigenvalue weighted by molar-refractivity contribution is 0.354. The fourth-order valence-electron chi connectivity index (χ4n) is 2.16. The summed E-state index contributed by atoms with van der Waals surface area (Å²) in [5.74, 6) is 1.60. The van der Waals surface area contributed by atoms with E-state index in [9.17, 15) is 0 Å². The Morgan fingerprint density at radius 3 is 2.42 bits per heavy atom. The van der Waals surface area contributed by atoms with Crippen LogP contribution < -0.4 is 9.47 Å². The Bertz CT molecular complexity index is 366. The quantitative estimate of drug-likeness (QED) is 0.470. The molecular weight excluding hydrogens is 304 g/mol. The minimum absolute atomic E-state index is 0.544. The summed E-state index contributed by atoms with van der Waals surface area (Å²) in [4.78, 5) is 0.544. The smallest absolute Gasteiger partial charge is 0.160 e. The molecule has 1 unspecified atom stereocenters. The molecule has 1 atom stereocenters. The number of alkyl halides is 1. The average molecular weight is 329 g/mol. The van der Waals surface area contributed by atoms with Crippen LogP contribution in [0.25, 0.3) is 0 Å². The third kappa shape index (κ3) is 5.85. The Morgan fingerprint density at radius 1 is 1.05 bits per heavy atom. The maximum absolute atomic E-state index is 5.33. The highest BCUT2D eigenvalue weighted by atomic mass is 79.9. The van der Waals surface area contributed by atoms with E-state index in [0.29, 0.717) is 4.83 Å². The Balaban J connectivity index is 2.47. The van der Waals surface area contributed by atoms with Crippen LogP contribution in [-0.4, -0.2) is 19.0 Å². The van der Waals surface area contributed by atoms with Gasteiger partial charge in [-0.05, 0) is 30.5 Å². The predicted octanol–water partition coefficient (Wildman–Crippen LogP) is 4.98. The van der Waals surface area contributed by atoms with E-state index in [2.05, 4.69) is 35.0 Å². The Labute approximate surface area is 125 Å². The molecule has 0 aromatic heterocycles. The van der Waals surface area contributed by atoms with Crippen molar-refractivity contribution in [2.75, 3.05) is 14.2 Å². The van der Waals surface area contributed by atoms with Crippen molar-refractivity contribution in [3.8, 4) is 11.5 Å². The highest BCUT2D eigenvalue weighted by Gasteiger charge is 2.09. The van der Waals surface area contributed by atoms with E-state index >= 15 is 0 Å². The van der Waals surface area contributed by atoms with Crippen molar-refractivity contribution >= 4 is 15.9 Å². The van der Waals surface area contributed by atoms with E-state index in [1.807, 2.05) is 6.07 Å². The van der Waals surface area contributed by atoms with Gasteiger partial charge in [-0.2, -0.15) is 0 Å². The first-order valence-corrected chi connectivity index (χ1v) is 7.97. The highest BCUT2D eigenvalue weighted by molar-refractivity contribution is 9.09. The van der Waals surface area contributed by atoms with Gasteiger partial charge in [0.2, 0.25) is 0 Å². The van der Waals surface area contributed by atoms with Gasteiger partial charge >= 0.3 is 0 Å². The zero-order chi connectivity index (χ0) is 14.1. The van der Waals surface area contributed by atoms with E-state index in [1.54, 1.807) is 14.2 Å². The second kappa shape index (κ2) is 9.24. The Kier molecular flexibility index (Phi) is 7.96. The van der Waals surface area contributed by atoms with Crippen LogP contribution in [0.5, 0.6) is 11.5 Å². The Morgan fingerprint density at radius 2 is 1.79 bits per heavy atom. The number of methoxy groups -OCH3 is 2. The molecule has 108 valence electrons. The molecule has 3 heteroatoms. The molecule has 1 aromatic carbocycles. The van der Waals surface area contributed by atoms with Crippen LogP contribution in [0.3, 0.4) is 0 Å². The third-order valence-corrected chi connectivity index (χ3v) is 4.06. The van der Waals surface area contributed by atoms with E-state index in [1.165, 1.54) is 37.7 Å². The molecule has 0 bridgehead atoms. The van der Waals surface area contributed by atoms with E-state index in [0.717, 1.165) is 17.9 Å². The van der Waals surface area contributed by atoms with Gasteiger partial charge in [0, 0.05) is 4.83 Å². The fourth-order valence-corrected chi connectivity index (χ4v) is 2.86. The molecule has 0 amide bonds. The van der Waals surface area contributed by atoms with Crippen LogP contribution in [-0.2, 0) is 6.42 Å². The molecule has 0 saturated heterocycles. The van der Waals surface area contributed by atoms with Crippen LogP contribution >= 0.6 is 15.9 Å². The summed E-state index contributed by atoms with van der Waals surface area (Å²) in [6.07, 6.45) is 7.54. The molecule has 2 nitrogen and oxygen atoms in total. The summed E-state index contributed by atoms with van der Waals surface area (Å²) in [6.45, 7) is 2.25. The summed E-state index contributed by atoms with van der Waals surface area (Å²) < 4.78 is 10.6. The maximum atomic E-state index is 5.33. The SMILES string of the molecule is CCCCCCC(Br)Cc1ccc(OC)c(OC)c1. The molecule has 0 aliphatic rings. The summed E-state index contributed by atoms with van der Waals surface area (Å²) in [7, 11) is 3.34. The van der Waals surface area contributed by atoms with Crippen LogP contribution in [0.2, 0.25) is 0 Å². The van der Waals surface area contributed by atoms with Gasteiger partial charge in [0.25, 0.3) is 0 Å². The van der Waals surface area contributed by atoms with E-state index < -0.39 is 0 Å². The molecule has 0 heterocycles. The molecule has 0 aliphatic carbocycles. The van der Waals surface area contributed by atoms with Crippen molar-refractivity contribution in [2.24, 2.45) is 0 Å². The predicted molar refractivity (Wildman–Crippen MR) is 84.7 cm³/mol. The second-order valence-corrected chi connectivity index (χ2v) is 6.14. The maximum Gasteiger partial charge on any atom is 0.160 e. The number of hydrogen-bond donors (Lipinski definition) is 0. The summed E-state index contributed by atoms with van der Waals surface area (Å²) in [6, 6.07) is 6.16. The lowest BCUT2D eigenvalue weighted by Gasteiger charge is -2.12. The van der Waals surface area contributed by atoms with Gasteiger partial charge in [-0.15, -0.1) is 0 Å². The largest absolute Gasteiger partial charge is 0.493 e. The van der Waals surface area contributed by atoms with Crippen LogP contribution in [0, 0.1) is 0 Å². The van der Waals surface area contributed by atoms with Gasteiger partial charge in [-0.25, -0.2) is 0 Å². The Hall–Kier alpha value is -0.700. The van der Waals surface area contributed by atoms with Crippen molar-refractivity contribution in [2.45, 2.75) is 50.3 Å². The zero-order valence-corrected chi connectivity index (χ0v) is 13.8. The monoisotopic (exact) mass is 328 g/mol. The number of rotatable bonds is 9. The van der Waals surface area contributed by atoms with Crippen molar-refractivity contribution < 1.29 is 9.47 Å². The summed E-state index contributed by atoms with van der Waals surface area (Å²) >= 11 is 3.78. The second-order valence-electron chi connectivity index (χ2n) is 4.84. The van der Waals surface area contributed by atoms with E-state index in [4.69, 9.17) is 9.47 Å². The topological polar surface area (TPSA) is 18.5 Å². The van der Waals surface area contributed by atoms with Gasteiger partial charge in [0.1, 0.15) is 0 Å². The molecule has 0 aliphatic heterocycles. The zero-order valence-electron chi connectivity index (χ0n) is 12.2. The van der Waals surface area contributed by atoms with Crippen molar-refractivity contribution in [3.63, 3.8) is 0 Å². The summed E-state index contributed by atoms with van der Waals surface area (Å²) in [5, 5.41) is 0. The van der Waals surface area contributed by atoms with Crippen molar-refractivity contribution in [1.82, 2.24) is 0 Å². The highest BCUT2D eigenvalue weighted by Crippen LogP contribution is 2.29. The number of ether oxygens (including phenoxy) is 2. The van der Waals surface area contributed by atoms with Crippen LogP contribution in [0.1, 0.15) is 44.6 Å². The standard InChI is InChI=1S/C16H25BrO2/c1-4-5-6-7-8-14(17)11-13-9-10-15(18-2)16(12-13)19-3/h9-10,12,14H,4-8,11H2,1-3H3. The van der Waals surface area contributed by atoms with Gasteiger partial charge in [0.05, 0.1) is 14.2 Å². The number of halogens is 1. The van der Waals surface area contributed by atoms with Crippen molar-refractivity contribution in [1.29, 1.82) is 0 Å². The molecule has 0 saturated carbocycles. The minimum atomic E-state index is 0.544. The molecule has 0 radical (unpaired) electrons. The third-order valence-electron chi connectivity index (χ3n) is 3.28. The average Bonchev–Trinajstić information content (AvgIpc) is 2.43. The molecule has 1 aromatic rings. The first-order chi connectivity index (χ1) is 9.21. The number of benzene rings is 1. The van der Waals surface area contributed by atoms with Gasteiger partial charge in [0.15, 0.2) is 11.5 Å². The normalized spacial score (nSPS) is 12.2. The lowest BCUT2D eigenvalue weighted by Crippen LogP contribution is -2.03. The first kappa shape index (κ1) is 16.4. The number of unbranched alkanes of at least 4 members (excludes halogenated alkanes) is 3. The minimum Gasteiger partial charge on any atom is -0.493 e. The molecule has 1 rings (SSSR count).